The molecule has 0 unspecified atom stereocenters. The van der Waals surface area contributed by atoms with Crippen molar-refractivity contribution in [2.75, 3.05) is 18.5 Å². The predicted octanol–water partition coefficient (Wildman–Crippen LogP) is 3.18. The maximum atomic E-state index is 12.4. The third-order valence-electron chi connectivity index (χ3n) is 3.92. The maximum absolute atomic E-state index is 12.4. The van der Waals surface area contributed by atoms with Crippen molar-refractivity contribution in [3.63, 3.8) is 0 Å². The molecule has 2 rings (SSSR count). The number of hydrogen-bond acceptors (Lipinski definition) is 4. The molecule has 0 aliphatic heterocycles. The van der Waals surface area contributed by atoms with E-state index in [4.69, 9.17) is 9.84 Å². The number of nitrogens with zero attached hydrogens (tertiary/aromatic N) is 2. The van der Waals surface area contributed by atoms with Crippen LogP contribution in [0.4, 0.5) is 5.69 Å². The summed E-state index contributed by atoms with van der Waals surface area (Å²) in [7, 11) is 0. The van der Waals surface area contributed by atoms with Crippen LogP contribution < -0.4 is 10.1 Å². The second kappa shape index (κ2) is 8.49. The van der Waals surface area contributed by atoms with Gasteiger partial charge in [0.2, 0.25) is 0 Å². The molecule has 1 aromatic carbocycles. The van der Waals surface area contributed by atoms with Gasteiger partial charge in [0.25, 0.3) is 5.91 Å². The lowest BCUT2D eigenvalue weighted by atomic mass is 10.2. The summed E-state index contributed by atoms with van der Waals surface area (Å²) in [5, 5.41) is 16.0. The Morgan fingerprint density at radius 1 is 1.29 bits per heavy atom. The first-order valence-electron chi connectivity index (χ1n) is 8.30. The summed E-state index contributed by atoms with van der Waals surface area (Å²) in [4.78, 5) is 12.4. The van der Waals surface area contributed by atoms with Crippen LogP contribution in [0.1, 0.15) is 48.9 Å². The third-order valence-corrected chi connectivity index (χ3v) is 3.92. The number of benzene rings is 1. The van der Waals surface area contributed by atoms with Gasteiger partial charge in [-0.3, -0.25) is 9.48 Å². The van der Waals surface area contributed by atoms with Gasteiger partial charge in [-0.1, -0.05) is 13.8 Å². The average Bonchev–Trinajstić information content (AvgIpc) is 2.97. The van der Waals surface area contributed by atoms with Crippen molar-refractivity contribution in [1.82, 2.24) is 9.78 Å². The fourth-order valence-electron chi connectivity index (χ4n) is 2.60. The van der Waals surface area contributed by atoms with Crippen LogP contribution in [0.3, 0.4) is 0 Å². The minimum absolute atomic E-state index is 0.0307. The number of carbonyl (C=O) groups is 1. The fourth-order valence-corrected chi connectivity index (χ4v) is 2.60. The largest absolute Gasteiger partial charge is 0.491 e. The van der Waals surface area contributed by atoms with Crippen molar-refractivity contribution in [2.24, 2.45) is 0 Å². The lowest BCUT2D eigenvalue weighted by molar-refractivity contribution is 0.102. The topological polar surface area (TPSA) is 76.4 Å². The molecule has 0 aliphatic carbocycles. The van der Waals surface area contributed by atoms with E-state index in [1.807, 2.05) is 17.7 Å². The van der Waals surface area contributed by atoms with Gasteiger partial charge in [-0.25, -0.2) is 0 Å². The van der Waals surface area contributed by atoms with Crippen LogP contribution in [0, 0.1) is 6.92 Å². The summed E-state index contributed by atoms with van der Waals surface area (Å²) in [5.74, 6) is 0.419. The maximum Gasteiger partial charge on any atom is 0.276 e. The third kappa shape index (κ3) is 4.35. The van der Waals surface area contributed by atoms with Gasteiger partial charge < -0.3 is 15.2 Å². The van der Waals surface area contributed by atoms with E-state index in [1.54, 1.807) is 24.3 Å². The molecule has 2 N–H and O–H groups in total. The normalized spacial score (nSPS) is 10.9. The fraction of sp³-hybridized carbons (Fsp3) is 0.444. The lowest BCUT2D eigenvalue weighted by Gasteiger charge is -2.14. The van der Waals surface area contributed by atoms with Gasteiger partial charge in [0.15, 0.2) is 5.69 Å². The van der Waals surface area contributed by atoms with Crippen molar-refractivity contribution >= 4 is 11.6 Å². The number of aryl methyl sites for hydroxylation is 1. The Kier molecular flexibility index (Phi) is 6.37. The number of carbonyl (C=O) groups excluding carboxylic acids is 1. The zero-order chi connectivity index (χ0) is 17.5. The summed E-state index contributed by atoms with van der Waals surface area (Å²) in [6.45, 7) is 6.43. The van der Waals surface area contributed by atoms with Gasteiger partial charge in [0.1, 0.15) is 12.4 Å². The number of anilines is 1. The first-order valence-corrected chi connectivity index (χ1v) is 8.30. The quantitative estimate of drug-likeness (QED) is 0.779. The first kappa shape index (κ1) is 18.0. The van der Waals surface area contributed by atoms with Crippen LogP contribution in [0.2, 0.25) is 0 Å². The number of aliphatic hydroxyl groups is 1. The number of aliphatic hydroxyl groups excluding tert-OH is 1. The Morgan fingerprint density at radius 2 is 1.96 bits per heavy atom. The zero-order valence-corrected chi connectivity index (χ0v) is 14.5. The minimum atomic E-state index is -0.230. The Labute approximate surface area is 142 Å². The molecule has 130 valence electrons. The van der Waals surface area contributed by atoms with E-state index < -0.39 is 0 Å². The van der Waals surface area contributed by atoms with Crippen molar-refractivity contribution in [2.45, 2.75) is 39.7 Å². The smallest absolute Gasteiger partial charge is 0.276 e. The van der Waals surface area contributed by atoms with Crippen LogP contribution >= 0.6 is 0 Å². The van der Waals surface area contributed by atoms with E-state index in [0.29, 0.717) is 23.2 Å². The van der Waals surface area contributed by atoms with Crippen LogP contribution in [-0.4, -0.2) is 34.0 Å². The minimum Gasteiger partial charge on any atom is -0.491 e. The monoisotopic (exact) mass is 331 g/mol. The molecule has 0 spiro atoms. The van der Waals surface area contributed by atoms with Gasteiger partial charge >= 0.3 is 0 Å². The second-order valence-corrected chi connectivity index (χ2v) is 5.64. The van der Waals surface area contributed by atoms with E-state index in [-0.39, 0.29) is 19.1 Å². The van der Waals surface area contributed by atoms with Crippen molar-refractivity contribution < 1.29 is 14.6 Å². The highest BCUT2D eigenvalue weighted by atomic mass is 16.5. The molecule has 0 atom stereocenters. The SMILES string of the molecule is CCC(CC)n1nc(C(=O)Nc2ccc(OCCO)cc2)cc1C. The summed E-state index contributed by atoms with van der Waals surface area (Å²) in [5.41, 5.74) is 2.08. The molecule has 1 heterocycles. The number of hydrogen-bond donors (Lipinski definition) is 2. The highest BCUT2D eigenvalue weighted by molar-refractivity contribution is 6.02. The van der Waals surface area contributed by atoms with Crippen molar-refractivity contribution in [1.29, 1.82) is 0 Å². The van der Waals surface area contributed by atoms with Crippen LogP contribution in [0.15, 0.2) is 30.3 Å². The molecule has 6 nitrogen and oxygen atoms in total. The van der Waals surface area contributed by atoms with Crippen molar-refractivity contribution in [3.8, 4) is 5.75 Å². The van der Waals surface area contributed by atoms with Gasteiger partial charge in [0, 0.05) is 11.4 Å². The standard InChI is InChI=1S/C18H25N3O3/c1-4-15(5-2)21-13(3)12-17(20-21)18(23)19-14-6-8-16(9-7-14)24-11-10-22/h6-9,12,15,22H,4-5,10-11H2,1-3H3,(H,19,23). The number of nitrogens with one attached hydrogen (secondary N) is 1. The van der Waals surface area contributed by atoms with Gasteiger partial charge in [-0.15, -0.1) is 0 Å². The van der Waals surface area contributed by atoms with E-state index in [2.05, 4.69) is 24.3 Å². The molecule has 0 bridgehead atoms. The molecule has 1 amide bonds. The van der Waals surface area contributed by atoms with Crippen molar-refractivity contribution in [3.05, 3.63) is 41.7 Å². The Hall–Kier alpha value is -2.34. The van der Waals surface area contributed by atoms with E-state index in [1.165, 1.54) is 0 Å². The molecule has 0 radical (unpaired) electrons. The van der Waals surface area contributed by atoms with Crippen LogP contribution in [-0.2, 0) is 0 Å². The molecular formula is C18H25N3O3. The summed E-state index contributed by atoms with van der Waals surface area (Å²) in [6.07, 6.45) is 1.96. The molecule has 0 saturated heterocycles. The molecule has 1 aromatic heterocycles. The number of aromatic nitrogens is 2. The second-order valence-electron chi connectivity index (χ2n) is 5.64. The molecule has 0 saturated carbocycles. The van der Waals surface area contributed by atoms with Gasteiger partial charge in [0.05, 0.1) is 12.6 Å². The predicted molar refractivity (Wildman–Crippen MR) is 93.6 cm³/mol. The number of amides is 1. The Balaban J connectivity index is 2.05. The van der Waals surface area contributed by atoms with Gasteiger partial charge in [-0.2, -0.15) is 5.10 Å². The summed E-state index contributed by atoms with van der Waals surface area (Å²) >= 11 is 0. The molecule has 0 aliphatic rings. The molecule has 6 heteroatoms. The molecular weight excluding hydrogens is 306 g/mol. The van der Waals surface area contributed by atoms with E-state index >= 15 is 0 Å². The highest BCUT2D eigenvalue weighted by Gasteiger charge is 2.16. The average molecular weight is 331 g/mol. The summed E-state index contributed by atoms with van der Waals surface area (Å²) in [6, 6.07) is 9.14. The summed E-state index contributed by atoms with van der Waals surface area (Å²) < 4.78 is 7.22. The highest BCUT2D eigenvalue weighted by Crippen LogP contribution is 2.19. The Bertz CT molecular complexity index is 661. The lowest BCUT2D eigenvalue weighted by Crippen LogP contribution is -2.15. The zero-order valence-electron chi connectivity index (χ0n) is 14.5. The first-order chi connectivity index (χ1) is 11.6. The van der Waals surface area contributed by atoms with E-state index in [9.17, 15) is 4.79 Å². The Morgan fingerprint density at radius 3 is 2.54 bits per heavy atom. The van der Waals surface area contributed by atoms with E-state index in [0.717, 1.165) is 18.5 Å². The number of ether oxygens (including phenoxy) is 1. The molecule has 24 heavy (non-hydrogen) atoms. The molecule has 0 fully saturated rings. The molecule has 2 aromatic rings. The number of rotatable bonds is 8. The van der Waals surface area contributed by atoms with Gasteiger partial charge in [-0.05, 0) is 50.1 Å². The van der Waals surface area contributed by atoms with Crippen LogP contribution in [0.5, 0.6) is 5.75 Å². The van der Waals surface area contributed by atoms with Crippen LogP contribution in [0.25, 0.3) is 0 Å².